The molecule has 4 aromatic carbocycles. The van der Waals surface area contributed by atoms with Crippen molar-refractivity contribution in [3.8, 4) is 11.3 Å². The topological polar surface area (TPSA) is 185 Å². The van der Waals surface area contributed by atoms with Gasteiger partial charge in [-0.25, -0.2) is 19.6 Å². The SMILES string of the molecule is C.C.CC(C)(C)OC(=O)N(Cc1ccc(Cl)cc1Cl)c1cc(Cl)nc2ccnn12.CCN1CCOC(c2ccc(-c3cc(N(Cc4ccc(Cl)cc4Cl)C(=O)OC(C)(C)C)n4nccc4n3)cc2)C1.CCN1CCOC(c2ccc(B(O)O)cc2)C1. The zero-order chi connectivity index (χ0) is 60.5. The fourth-order valence-corrected chi connectivity index (χ4v) is 10.3. The van der Waals surface area contributed by atoms with E-state index in [-0.39, 0.29) is 45.3 Å². The molecule has 0 bridgehead atoms. The Balaban J connectivity index is 0.000000222. The summed E-state index contributed by atoms with van der Waals surface area (Å²) < 4.78 is 26.3. The molecule has 86 heavy (non-hydrogen) atoms. The Hall–Kier alpha value is -6.07. The molecule has 2 aliphatic heterocycles. The molecule has 8 aromatic rings. The number of benzene rings is 4. The van der Waals surface area contributed by atoms with Crippen LogP contribution in [0.25, 0.3) is 22.6 Å². The smallest absolute Gasteiger partial charge is 0.443 e. The van der Waals surface area contributed by atoms with Gasteiger partial charge < -0.3 is 29.0 Å². The Morgan fingerprint density at radius 3 is 1.45 bits per heavy atom. The molecule has 24 heteroatoms. The van der Waals surface area contributed by atoms with Crippen molar-refractivity contribution in [2.45, 2.75) is 107 Å². The van der Waals surface area contributed by atoms with Gasteiger partial charge in [-0.3, -0.25) is 19.6 Å². The van der Waals surface area contributed by atoms with Crippen LogP contribution >= 0.6 is 58.0 Å². The van der Waals surface area contributed by atoms with Gasteiger partial charge in [0.25, 0.3) is 0 Å². The van der Waals surface area contributed by atoms with Gasteiger partial charge in [0.1, 0.15) is 28.0 Å². The summed E-state index contributed by atoms with van der Waals surface area (Å²) in [6.07, 6.45) is 2.26. The summed E-state index contributed by atoms with van der Waals surface area (Å²) in [5.41, 5.74) is 5.46. The normalized spacial score (nSPS) is 15.5. The van der Waals surface area contributed by atoms with Gasteiger partial charge in [0.15, 0.2) is 11.3 Å². The van der Waals surface area contributed by atoms with Crippen LogP contribution in [0.2, 0.25) is 25.2 Å². The maximum atomic E-state index is 13.6. The number of ether oxygens (including phenoxy) is 4. The number of aromatic nitrogens is 6. The van der Waals surface area contributed by atoms with Crippen LogP contribution in [0.4, 0.5) is 21.2 Å². The van der Waals surface area contributed by atoms with E-state index in [2.05, 4.69) is 51.0 Å². The standard InChI is InChI=1S/C30H33Cl2N5O3.C18H17Cl3N4O2.C12H18BNO3.2CH4/c1-5-35-14-15-39-26(19-35)21-8-6-20(7-9-21)25-17-28(37-27(34-25)12-13-33-37)36(29(38)40-30(2,3)4)18-22-10-11-23(31)16-24(22)32;1-18(2,3)27-17(26)24(10-11-4-5-12(19)8-13(11)20)16-9-14(21)23-15-6-7-22-25(15)16;1-2-14-7-8-17-12(9-14)10-3-5-11(6-4-10)13(15)16;;/h6-13,16-17,26H,5,14-15,18-19H2,1-4H3;4-9H,10H2,1-3H3;3-6,12,15-16H,2,7-9H2,1H3;2*1H4. The zero-order valence-corrected chi connectivity index (χ0v) is 51.8. The third-order valence-electron chi connectivity index (χ3n) is 13.5. The highest BCUT2D eigenvalue weighted by molar-refractivity contribution is 6.58. The van der Waals surface area contributed by atoms with E-state index in [1.165, 1.54) is 14.3 Å². The molecule has 2 unspecified atom stereocenters. The Bertz CT molecular complexity index is 3530. The predicted octanol–water partition coefficient (Wildman–Crippen LogP) is 13.7. The lowest BCUT2D eigenvalue weighted by Crippen LogP contribution is -2.38. The number of likely N-dealkylation sites (N-methyl/N-ethyl adjacent to an activating group) is 2. The van der Waals surface area contributed by atoms with Gasteiger partial charge in [0.2, 0.25) is 0 Å². The van der Waals surface area contributed by atoms with Crippen LogP contribution in [0.1, 0.15) is 105 Å². The molecule has 2 amide bonds. The number of nitrogens with zero attached hydrogens (tertiary/aromatic N) is 10. The van der Waals surface area contributed by atoms with Crippen molar-refractivity contribution < 1.29 is 38.6 Å². The molecule has 10 rings (SSSR count). The van der Waals surface area contributed by atoms with Crippen molar-refractivity contribution in [3.05, 3.63) is 169 Å². The maximum absolute atomic E-state index is 13.6. The lowest BCUT2D eigenvalue weighted by molar-refractivity contribution is -0.0282. The molecule has 0 spiro atoms. The molecule has 0 saturated carbocycles. The van der Waals surface area contributed by atoms with Crippen molar-refractivity contribution in [3.63, 3.8) is 0 Å². The number of anilines is 2. The third kappa shape index (κ3) is 18.5. The second kappa shape index (κ2) is 30.7. The highest BCUT2D eigenvalue weighted by atomic mass is 35.5. The number of amides is 2. The van der Waals surface area contributed by atoms with Crippen LogP contribution in [0, 0.1) is 0 Å². The van der Waals surface area contributed by atoms with Gasteiger partial charge in [-0.1, -0.05) is 147 Å². The molecule has 4 aromatic heterocycles. The quantitative estimate of drug-likeness (QED) is 0.0869. The molecule has 18 nitrogen and oxygen atoms in total. The molecular formula is C62H76BCl5N10O8. The van der Waals surface area contributed by atoms with E-state index in [4.69, 9.17) is 92.0 Å². The Kier molecular flexibility index (Phi) is 24.7. The van der Waals surface area contributed by atoms with E-state index >= 15 is 0 Å². The first kappa shape index (κ1) is 69.0. The number of hydrogen-bond acceptors (Lipinski definition) is 14. The summed E-state index contributed by atoms with van der Waals surface area (Å²) >= 11 is 31.1. The first-order valence-electron chi connectivity index (χ1n) is 27.4. The molecule has 2 aliphatic rings. The molecule has 0 aliphatic carbocycles. The fourth-order valence-electron chi connectivity index (χ4n) is 9.18. The second-order valence-electron chi connectivity index (χ2n) is 21.9. The largest absolute Gasteiger partial charge is 0.488 e. The number of carbonyl (C=O) groups is 2. The Labute approximate surface area is 529 Å². The average molecular weight is 1280 g/mol. The minimum atomic E-state index is -1.40. The molecule has 6 heterocycles. The zero-order valence-electron chi connectivity index (χ0n) is 48.1. The van der Waals surface area contributed by atoms with E-state index < -0.39 is 30.5 Å². The van der Waals surface area contributed by atoms with Crippen LogP contribution in [-0.4, -0.2) is 132 Å². The van der Waals surface area contributed by atoms with E-state index in [0.29, 0.717) is 65.3 Å². The van der Waals surface area contributed by atoms with Gasteiger partial charge in [-0.15, -0.1) is 0 Å². The highest BCUT2D eigenvalue weighted by Gasteiger charge is 2.30. The van der Waals surface area contributed by atoms with E-state index in [1.807, 2.05) is 51.1 Å². The number of morpholine rings is 2. The van der Waals surface area contributed by atoms with Gasteiger partial charge in [0.05, 0.1) is 56.6 Å². The first-order valence-corrected chi connectivity index (χ1v) is 29.3. The van der Waals surface area contributed by atoms with Crippen LogP contribution < -0.4 is 15.3 Å². The molecule has 0 radical (unpaired) electrons. The fraction of sp³-hybridized carbons (Fsp3) is 0.387. The van der Waals surface area contributed by atoms with Crippen molar-refractivity contribution in [2.24, 2.45) is 0 Å². The maximum Gasteiger partial charge on any atom is 0.488 e. The summed E-state index contributed by atoms with van der Waals surface area (Å²) in [5.74, 6) is 0.916. The summed E-state index contributed by atoms with van der Waals surface area (Å²) in [5, 5.41) is 28.9. The summed E-state index contributed by atoms with van der Waals surface area (Å²) in [7, 11) is -1.40. The summed E-state index contributed by atoms with van der Waals surface area (Å²) in [4.78, 5) is 43.2. The average Bonchev–Trinajstić information content (AvgIpc) is 1.79. The molecular weight excluding hydrogens is 1200 g/mol. The molecule has 2 fully saturated rings. The van der Waals surface area contributed by atoms with Crippen molar-refractivity contribution in [1.29, 1.82) is 0 Å². The van der Waals surface area contributed by atoms with E-state index in [9.17, 15) is 9.59 Å². The molecule has 2 atom stereocenters. The minimum absolute atomic E-state index is 0. The molecule has 2 saturated heterocycles. The van der Waals surface area contributed by atoms with E-state index in [1.54, 1.807) is 104 Å². The van der Waals surface area contributed by atoms with Gasteiger partial charge in [0, 0.05) is 76.1 Å². The predicted molar refractivity (Wildman–Crippen MR) is 346 cm³/mol. The van der Waals surface area contributed by atoms with Crippen molar-refractivity contribution in [2.75, 3.05) is 62.3 Å². The summed E-state index contributed by atoms with van der Waals surface area (Å²) in [6, 6.07) is 32.7. The van der Waals surface area contributed by atoms with Gasteiger partial charge >= 0.3 is 19.3 Å². The lowest BCUT2D eigenvalue weighted by Gasteiger charge is -2.32. The van der Waals surface area contributed by atoms with Crippen LogP contribution in [-0.2, 0) is 32.0 Å². The van der Waals surface area contributed by atoms with Crippen molar-refractivity contribution >= 4 is 106 Å². The first-order chi connectivity index (χ1) is 39.9. The Morgan fingerprint density at radius 2 is 1.03 bits per heavy atom. The lowest BCUT2D eigenvalue weighted by atomic mass is 9.80. The van der Waals surface area contributed by atoms with Gasteiger partial charge in [-0.05, 0) is 107 Å². The van der Waals surface area contributed by atoms with Gasteiger partial charge in [-0.2, -0.15) is 19.2 Å². The number of halogens is 5. The minimum Gasteiger partial charge on any atom is -0.443 e. The number of fused-ring (bicyclic) bond motifs is 2. The monoisotopic (exact) mass is 1270 g/mol. The number of carbonyl (C=O) groups excluding carboxylic acids is 2. The van der Waals surface area contributed by atoms with Crippen LogP contribution in [0.5, 0.6) is 0 Å². The molecule has 2 N–H and O–H groups in total. The third-order valence-corrected chi connectivity index (χ3v) is 14.9. The summed E-state index contributed by atoms with van der Waals surface area (Å²) in [6.45, 7) is 22.7. The number of hydrogen-bond donors (Lipinski definition) is 2. The Morgan fingerprint density at radius 1 is 0.605 bits per heavy atom. The van der Waals surface area contributed by atoms with Crippen molar-refractivity contribution in [1.82, 2.24) is 39.0 Å². The van der Waals surface area contributed by atoms with Crippen LogP contribution in [0.3, 0.4) is 0 Å². The number of rotatable bonds is 12. The highest BCUT2D eigenvalue weighted by Crippen LogP contribution is 2.33. The van der Waals surface area contributed by atoms with Crippen LogP contribution in [0.15, 0.2) is 122 Å². The van der Waals surface area contributed by atoms with E-state index in [0.717, 1.165) is 69.2 Å². The second-order valence-corrected chi connectivity index (χ2v) is 24.0. The molecule has 460 valence electrons.